The average Bonchev–Trinajstić information content (AvgIpc) is 3.17. The number of aliphatic imine (C=N–C) groups is 1. The quantitative estimate of drug-likeness (QED) is 0.410. The molecule has 0 saturated heterocycles. The van der Waals surface area contributed by atoms with Crippen LogP contribution in [0.5, 0.6) is 5.88 Å². The number of ether oxygens (including phenoxy) is 1. The number of nitrogens with zero attached hydrogens (tertiary/aromatic N) is 6. The summed E-state index contributed by atoms with van der Waals surface area (Å²) in [6, 6.07) is 7.56. The molecule has 0 unspecified atom stereocenters. The van der Waals surface area contributed by atoms with E-state index in [-0.39, 0.29) is 0 Å². The van der Waals surface area contributed by atoms with Gasteiger partial charge >= 0.3 is 0 Å². The summed E-state index contributed by atoms with van der Waals surface area (Å²) in [7, 11) is 1.60. The first-order chi connectivity index (χ1) is 14.3. The van der Waals surface area contributed by atoms with E-state index in [4.69, 9.17) is 4.74 Å². The molecule has 7 nitrogen and oxygen atoms in total. The molecule has 0 amide bonds. The first kappa shape index (κ1) is 20.1. The van der Waals surface area contributed by atoms with Crippen molar-refractivity contribution >= 4 is 11.9 Å². The molecule has 0 aliphatic carbocycles. The fourth-order valence-corrected chi connectivity index (χ4v) is 2.56. The second kappa shape index (κ2) is 10.7. The number of hydrogen-bond donors (Lipinski definition) is 0. The first-order valence-corrected chi connectivity index (χ1v) is 9.44. The van der Waals surface area contributed by atoms with Crippen LogP contribution in [0.3, 0.4) is 0 Å². The van der Waals surface area contributed by atoms with Crippen LogP contribution in [0, 0.1) is 0 Å². The predicted molar refractivity (Wildman–Crippen MR) is 115 cm³/mol. The number of allylic oxidation sites excluding steroid dienone is 5. The molecule has 3 heterocycles. The van der Waals surface area contributed by atoms with Crippen LogP contribution in [0.15, 0.2) is 71.9 Å². The van der Waals surface area contributed by atoms with Crippen molar-refractivity contribution in [1.82, 2.24) is 24.8 Å². The molecular formula is C22H24N6O. The highest BCUT2D eigenvalue weighted by Gasteiger charge is 2.08. The van der Waals surface area contributed by atoms with Crippen LogP contribution in [0.1, 0.15) is 19.2 Å². The molecule has 0 atom stereocenters. The molecule has 7 heteroatoms. The Morgan fingerprint density at radius 1 is 1.07 bits per heavy atom. The van der Waals surface area contributed by atoms with E-state index in [0.717, 1.165) is 35.7 Å². The van der Waals surface area contributed by atoms with Gasteiger partial charge in [-0.1, -0.05) is 30.4 Å². The largest absolute Gasteiger partial charge is 0.481 e. The highest BCUT2D eigenvalue weighted by Crippen LogP contribution is 2.18. The van der Waals surface area contributed by atoms with E-state index in [0.29, 0.717) is 12.3 Å². The summed E-state index contributed by atoms with van der Waals surface area (Å²) in [5.41, 5.74) is 2.43. The number of pyridine rings is 1. The third kappa shape index (κ3) is 5.68. The monoisotopic (exact) mass is 388 g/mol. The van der Waals surface area contributed by atoms with Crippen LogP contribution in [0.25, 0.3) is 16.9 Å². The smallest absolute Gasteiger partial charge is 0.212 e. The van der Waals surface area contributed by atoms with E-state index in [1.165, 1.54) is 0 Å². The Morgan fingerprint density at radius 3 is 2.79 bits per heavy atom. The summed E-state index contributed by atoms with van der Waals surface area (Å²) < 4.78 is 6.88. The minimum absolute atomic E-state index is 0.572. The third-order valence-electron chi connectivity index (χ3n) is 4.08. The molecule has 0 aromatic carbocycles. The molecule has 0 aliphatic heterocycles. The minimum atomic E-state index is 0.572. The number of aromatic nitrogens is 5. The van der Waals surface area contributed by atoms with Gasteiger partial charge < -0.3 is 4.74 Å². The highest BCUT2D eigenvalue weighted by molar-refractivity contribution is 5.71. The Balaban J connectivity index is 1.62. The van der Waals surface area contributed by atoms with Crippen molar-refractivity contribution in [1.29, 1.82) is 0 Å². The molecule has 3 aromatic rings. The lowest BCUT2D eigenvalue weighted by atomic mass is 10.2. The third-order valence-corrected chi connectivity index (χ3v) is 4.08. The van der Waals surface area contributed by atoms with E-state index in [1.807, 2.05) is 55.6 Å². The van der Waals surface area contributed by atoms with Crippen molar-refractivity contribution in [3.63, 3.8) is 0 Å². The standard InChI is InChI=1S/C22H24N6O/c1-3-4-15-23-16-9-7-5-6-8-10-20-25-26-21-13-12-19(27-28(20)21)18-11-14-22(29-2)24-17-18/h3-4,6-9,11-14,16-17H,5,10,15H2,1-2H3/b4-3-,8-6+,9-7-,23-16-. The summed E-state index contributed by atoms with van der Waals surface area (Å²) in [5, 5.41) is 13.1. The normalized spacial score (nSPS) is 12.3. The molecular weight excluding hydrogens is 364 g/mol. The van der Waals surface area contributed by atoms with Crippen molar-refractivity contribution in [2.24, 2.45) is 4.99 Å². The van der Waals surface area contributed by atoms with Crippen molar-refractivity contribution in [3.8, 4) is 17.1 Å². The molecule has 29 heavy (non-hydrogen) atoms. The lowest BCUT2D eigenvalue weighted by molar-refractivity contribution is 0.398. The molecule has 0 radical (unpaired) electrons. The zero-order valence-electron chi connectivity index (χ0n) is 16.6. The molecule has 0 N–H and O–H groups in total. The van der Waals surface area contributed by atoms with Gasteiger partial charge in [0.05, 0.1) is 19.3 Å². The van der Waals surface area contributed by atoms with Gasteiger partial charge in [0.15, 0.2) is 11.5 Å². The summed E-state index contributed by atoms with van der Waals surface area (Å²) in [5.74, 6) is 1.36. The van der Waals surface area contributed by atoms with Gasteiger partial charge in [-0.2, -0.15) is 9.61 Å². The molecule has 0 aliphatic rings. The number of hydrogen-bond acceptors (Lipinski definition) is 6. The predicted octanol–water partition coefficient (Wildman–Crippen LogP) is 3.89. The lowest BCUT2D eigenvalue weighted by Crippen LogP contribution is -2.00. The Kier molecular flexibility index (Phi) is 7.40. The van der Waals surface area contributed by atoms with Crippen LogP contribution in [-0.2, 0) is 6.42 Å². The second-order valence-corrected chi connectivity index (χ2v) is 6.12. The van der Waals surface area contributed by atoms with E-state index >= 15 is 0 Å². The fourth-order valence-electron chi connectivity index (χ4n) is 2.56. The van der Waals surface area contributed by atoms with Gasteiger partial charge in [-0.05, 0) is 37.6 Å². The van der Waals surface area contributed by atoms with E-state index in [2.05, 4.69) is 43.5 Å². The number of rotatable bonds is 9. The first-order valence-electron chi connectivity index (χ1n) is 9.44. The maximum Gasteiger partial charge on any atom is 0.212 e. The van der Waals surface area contributed by atoms with Crippen LogP contribution < -0.4 is 4.74 Å². The summed E-state index contributed by atoms with van der Waals surface area (Å²) in [4.78, 5) is 8.47. The summed E-state index contributed by atoms with van der Waals surface area (Å²) in [6.45, 7) is 2.71. The van der Waals surface area contributed by atoms with E-state index in [1.54, 1.807) is 17.8 Å². The molecule has 0 spiro atoms. The zero-order chi connectivity index (χ0) is 20.3. The Bertz CT molecular complexity index is 1030. The van der Waals surface area contributed by atoms with Gasteiger partial charge in [0.1, 0.15) is 0 Å². The Hall–Kier alpha value is -3.61. The lowest BCUT2D eigenvalue weighted by Gasteiger charge is -2.03. The van der Waals surface area contributed by atoms with Crippen molar-refractivity contribution in [3.05, 3.63) is 72.7 Å². The van der Waals surface area contributed by atoms with Crippen molar-refractivity contribution < 1.29 is 4.74 Å². The van der Waals surface area contributed by atoms with E-state index in [9.17, 15) is 0 Å². The van der Waals surface area contributed by atoms with Gasteiger partial charge in [0, 0.05) is 30.5 Å². The molecule has 0 fully saturated rings. The highest BCUT2D eigenvalue weighted by atomic mass is 16.5. The Labute approximate surface area is 170 Å². The van der Waals surface area contributed by atoms with Gasteiger partial charge in [-0.25, -0.2) is 4.98 Å². The Morgan fingerprint density at radius 2 is 2.00 bits per heavy atom. The van der Waals surface area contributed by atoms with Gasteiger partial charge in [-0.15, -0.1) is 10.2 Å². The molecule has 3 aromatic heterocycles. The maximum atomic E-state index is 5.10. The number of fused-ring (bicyclic) bond motifs is 1. The summed E-state index contributed by atoms with van der Waals surface area (Å²) in [6.07, 6.45) is 17.2. The molecule has 3 rings (SSSR count). The minimum Gasteiger partial charge on any atom is -0.481 e. The summed E-state index contributed by atoms with van der Waals surface area (Å²) >= 11 is 0. The number of methoxy groups -OCH3 is 1. The topological polar surface area (TPSA) is 77.6 Å². The van der Waals surface area contributed by atoms with Gasteiger partial charge in [0.2, 0.25) is 5.88 Å². The molecule has 148 valence electrons. The SMILES string of the molecule is C/C=C\C/N=C\C=C/C/C=C/Cc1nnc2ccc(-c3ccc(OC)nc3)nn12. The van der Waals surface area contributed by atoms with Crippen LogP contribution in [0.2, 0.25) is 0 Å². The van der Waals surface area contributed by atoms with E-state index < -0.39 is 0 Å². The van der Waals surface area contributed by atoms with Crippen LogP contribution >= 0.6 is 0 Å². The van der Waals surface area contributed by atoms with Crippen molar-refractivity contribution in [2.45, 2.75) is 19.8 Å². The van der Waals surface area contributed by atoms with Crippen LogP contribution in [-0.4, -0.2) is 44.7 Å². The molecule has 0 bridgehead atoms. The van der Waals surface area contributed by atoms with Crippen LogP contribution in [0.4, 0.5) is 0 Å². The van der Waals surface area contributed by atoms with Gasteiger partial charge in [-0.3, -0.25) is 4.99 Å². The zero-order valence-corrected chi connectivity index (χ0v) is 16.6. The maximum absolute atomic E-state index is 5.10. The molecule has 0 saturated carbocycles. The average molecular weight is 388 g/mol. The fraction of sp³-hybridized carbons (Fsp3) is 0.227. The van der Waals surface area contributed by atoms with Gasteiger partial charge in [0.25, 0.3) is 0 Å². The second-order valence-electron chi connectivity index (χ2n) is 6.12. The van der Waals surface area contributed by atoms with Crippen molar-refractivity contribution in [2.75, 3.05) is 13.7 Å².